The van der Waals surface area contributed by atoms with Crippen LogP contribution in [-0.2, 0) is 6.42 Å². The van der Waals surface area contributed by atoms with E-state index < -0.39 is 0 Å². The van der Waals surface area contributed by atoms with Crippen LogP contribution in [0, 0.1) is 0 Å². The fraction of sp³-hybridized carbons (Fsp3) is 0.538. The maximum atomic E-state index is 9.47. The summed E-state index contributed by atoms with van der Waals surface area (Å²) in [5.74, 6) is 0. The van der Waals surface area contributed by atoms with E-state index in [4.69, 9.17) is 0 Å². The number of rotatable bonds is 3. The van der Waals surface area contributed by atoms with E-state index in [1.165, 1.54) is 5.56 Å². The Labute approximate surface area is 91.5 Å². The Morgan fingerprint density at radius 2 is 2.13 bits per heavy atom. The first-order valence-electron chi connectivity index (χ1n) is 5.72. The molecule has 2 rings (SSSR count). The molecule has 0 radical (unpaired) electrons. The van der Waals surface area contributed by atoms with Crippen LogP contribution in [0.15, 0.2) is 30.3 Å². The van der Waals surface area contributed by atoms with Crippen molar-refractivity contribution >= 4 is 0 Å². The molecule has 1 N–H and O–H groups in total. The minimum Gasteiger partial charge on any atom is -0.392 e. The zero-order chi connectivity index (χ0) is 10.7. The lowest BCUT2D eigenvalue weighted by molar-refractivity contribution is 0.162. The van der Waals surface area contributed by atoms with Crippen LogP contribution in [0.25, 0.3) is 0 Å². The first-order valence-corrected chi connectivity index (χ1v) is 5.72. The van der Waals surface area contributed by atoms with Crippen molar-refractivity contribution in [2.45, 2.75) is 31.9 Å². The lowest BCUT2D eigenvalue weighted by Gasteiger charge is -2.23. The van der Waals surface area contributed by atoms with Gasteiger partial charge in [0.25, 0.3) is 0 Å². The van der Waals surface area contributed by atoms with Gasteiger partial charge in [0.05, 0.1) is 6.10 Å². The molecule has 15 heavy (non-hydrogen) atoms. The summed E-state index contributed by atoms with van der Waals surface area (Å²) in [6.07, 6.45) is 1.90. The van der Waals surface area contributed by atoms with Crippen LogP contribution in [0.4, 0.5) is 0 Å². The van der Waals surface area contributed by atoms with Gasteiger partial charge in [-0.2, -0.15) is 0 Å². The largest absolute Gasteiger partial charge is 0.392 e. The lowest BCUT2D eigenvalue weighted by atomic mass is 10.1. The number of benzene rings is 1. The molecular formula is C13H19NO. The van der Waals surface area contributed by atoms with Crippen LogP contribution < -0.4 is 0 Å². The van der Waals surface area contributed by atoms with Gasteiger partial charge < -0.3 is 5.11 Å². The van der Waals surface area contributed by atoms with Crippen LogP contribution in [0.3, 0.4) is 0 Å². The first kappa shape index (κ1) is 10.7. The molecule has 0 unspecified atom stereocenters. The summed E-state index contributed by atoms with van der Waals surface area (Å²) in [6, 6.07) is 11.1. The second-order valence-corrected chi connectivity index (χ2v) is 4.48. The molecule has 82 valence electrons. The second-order valence-electron chi connectivity index (χ2n) is 4.48. The fourth-order valence-corrected chi connectivity index (χ4v) is 2.25. The van der Waals surface area contributed by atoms with Gasteiger partial charge in [0, 0.05) is 19.1 Å². The van der Waals surface area contributed by atoms with Crippen molar-refractivity contribution in [1.82, 2.24) is 4.90 Å². The van der Waals surface area contributed by atoms with Gasteiger partial charge in [-0.05, 0) is 25.3 Å². The van der Waals surface area contributed by atoms with E-state index in [2.05, 4.69) is 36.1 Å². The van der Waals surface area contributed by atoms with Crippen LogP contribution in [0.1, 0.15) is 18.9 Å². The van der Waals surface area contributed by atoms with E-state index in [0.29, 0.717) is 6.04 Å². The van der Waals surface area contributed by atoms with Crippen molar-refractivity contribution in [3.63, 3.8) is 0 Å². The average Bonchev–Trinajstić information content (AvgIpc) is 2.66. The summed E-state index contributed by atoms with van der Waals surface area (Å²) in [5.41, 5.74) is 1.38. The Morgan fingerprint density at radius 1 is 1.40 bits per heavy atom. The molecule has 0 spiro atoms. The highest BCUT2D eigenvalue weighted by Gasteiger charge is 2.24. The predicted octanol–water partition coefficient (Wildman–Crippen LogP) is 1.68. The number of nitrogens with zero attached hydrogens (tertiary/aromatic N) is 1. The van der Waals surface area contributed by atoms with E-state index in [1.807, 2.05) is 6.07 Å². The smallest absolute Gasteiger partial charge is 0.0679 e. The third kappa shape index (κ3) is 2.80. The van der Waals surface area contributed by atoms with Gasteiger partial charge in [-0.25, -0.2) is 0 Å². The van der Waals surface area contributed by atoms with Gasteiger partial charge in [0.15, 0.2) is 0 Å². The lowest BCUT2D eigenvalue weighted by Crippen LogP contribution is -2.33. The van der Waals surface area contributed by atoms with Gasteiger partial charge in [-0.15, -0.1) is 0 Å². The molecule has 0 bridgehead atoms. The zero-order valence-electron chi connectivity index (χ0n) is 9.26. The molecule has 0 aromatic heterocycles. The molecule has 1 aliphatic heterocycles. The molecule has 0 saturated carbocycles. The van der Waals surface area contributed by atoms with E-state index in [1.54, 1.807) is 0 Å². The van der Waals surface area contributed by atoms with Crippen LogP contribution >= 0.6 is 0 Å². The van der Waals surface area contributed by atoms with E-state index >= 15 is 0 Å². The maximum Gasteiger partial charge on any atom is 0.0679 e. The normalized spacial score (nSPS) is 24.3. The third-order valence-corrected chi connectivity index (χ3v) is 3.19. The highest BCUT2D eigenvalue weighted by Crippen LogP contribution is 2.15. The number of aliphatic hydroxyl groups is 1. The molecule has 1 fully saturated rings. The summed E-state index contributed by atoms with van der Waals surface area (Å²) in [4.78, 5) is 2.37. The monoisotopic (exact) mass is 205 g/mol. The number of hydrogen-bond acceptors (Lipinski definition) is 2. The molecule has 0 aliphatic carbocycles. The van der Waals surface area contributed by atoms with Crippen LogP contribution in [-0.4, -0.2) is 35.2 Å². The fourth-order valence-electron chi connectivity index (χ4n) is 2.25. The molecule has 1 aromatic carbocycles. The summed E-state index contributed by atoms with van der Waals surface area (Å²) in [5, 5.41) is 9.47. The number of likely N-dealkylation sites (tertiary alicyclic amines) is 1. The van der Waals surface area contributed by atoms with Gasteiger partial charge in [0.2, 0.25) is 0 Å². The van der Waals surface area contributed by atoms with Crippen LogP contribution in [0.2, 0.25) is 0 Å². The van der Waals surface area contributed by atoms with Crippen molar-refractivity contribution in [2.24, 2.45) is 0 Å². The molecule has 0 amide bonds. The molecule has 1 saturated heterocycles. The number of aliphatic hydroxyl groups excluding tert-OH is 1. The molecule has 2 nitrogen and oxygen atoms in total. The van der Waals surface area contributed by atoms with Crippen molar-refractivity contribution in [2.75, 3.05) is 13.1 Å². The molecule has 1 aromatic rings. The Hall–Kier alpha value is -0.860. The second kappa shape index (κ2) is 4.77. The van der Waals surface area contributed by atoms with Gasteiger partial charge in [-0.1, -0.05) is 30.3 Å². The third-order valence-electron chi connectivity index (χ3n) is 3.19. The van der Waals surface area contributed by atoms with Crippen molar-refractivity contribution in [1.29, 1.82) is 0 Å². The average molecular weight is 205 g/mol. The number of hydrogen-bond donors (Lipinski definition) is 1. The van der Waals surface area contributed by atoms with Gasteiger partial charge in [-0.3, -0.25) is 4.90 Å². The summed E-state index contributed by atoms with van der Waals surface area (Å²) >= 11 is 0. The highest BCUT2D eigenvalue weighted by atomic mass is 16.3. The molecule has 1 heterocycles. The van der Waals surface area contributed by atoms with Crippen molar-refractivity contribution in [3.05, 3.63) is 35.9 Å². The Balaban J connectivity index is 1.90. The summed E-state index contributed by atoms with van der Waals surface area (Å²) < 4.78 is 0. The Kier molecular flexibility index (Phi) is 3.39. The maximum absolute atomic E-state index is 9.47. The van der Waals surface area contributed by atoms with Gasteiger partial charge in [0.1, 0.15) is 0 Å². The standard InChI is InChI=1S/C13H19NO/c1-11(14-8-7-13(15)10-14)9-12-5-3-2-4-6-12/h2-6,11,13,15H,7-10H2,1H3/t11-,13-/m1/s1. The van der Waals surface area contributed by atoms with E-state index in [0.717, 1.165) is 25.9 Å². The van der Waals surface area contributed by atoms with E-state index in [-0.39, 0.29) is 6.10 Å². The molecule has 1 aliphatic rings. The zero-order valence-corrected chi connectivity index (χ0v) is 9.26. The molecule has 2 heteroatoms. The Bertz CT molecular complexity index is 299. The molecule has 2 atom stereocenters. The number of β-amino-alcohol motifs (C(OH)–C–C–N with tert-alkyl or cyclic N) is 1. The summed E-state index contributed by atoms with van der Waals surface area (Å²) in [6.45, 7) is 4.12. The first-order chi connectivity index (χ1) is 7.25. The minimum absolute atomic E-state index is 0.108. The van der Waals surface area contributed by atoms with Crippen LogP contribution in [0.5, 0.6) is 0 Å². The summed E-state index contributed by atoms with van der Waals surface area (Å²) in [7, 11) is 0. The van der Waals surface area contributed by atoms with Crippen molar-refractivity contribution < 1.29 is 5.11 Å². The minimum atomic E-state index is -0.108. The van der Waals surface area contributed by atoms with Gasteiger partial charge >= 0.3 is 0 Å². The SMILES string of the molecule is C[C@H](Cc1ccccc1)N1CC[C@@H](O)C1. The predicted molar refractivity (Wildman–Crippen MR) is 61.8 cm³/mol. The molecular weight excluding hydrogens is 186 g/mol. The highest BCUT2D eigenvalue weighted by molar-refractivity contribution is 5.15. The van der Waals surface area contributed by atoms with E-state index in [9.17, 15) is 5.11 Å². The quantitative estimate of drug-likeness (QED) is 0.811. The Morgan fingerprint density at radius 3 is 2.73 bits per heavy atom. The van der Waals surface area contributed by atoms with Crippen molar-refractivity contribution in [3.8, 4) is 0 Å². The topological polar surface area (TPSA) is 23.5 Å².